The molecule has 0 saturated heterocycles. The van der Waals surface area contributed by atoms with Crippen LogP contribution >= 0.6 is 0 Å². The molecule has 1 aromatic carbocycles. The van der Waals surface area contributed by atoms with Crippen LogP contribution in [0.3, 0.4) is 0 Å². The third-order valence-electron chi connectivity index (χ3n) is 1.08. The third-order valence-corrected chi connectivity index (χ3v) is 2.57. The maximum atomic E-state index is 8.89. The van der Waals surface area contributed by atoms with Gasteiger partial charge in [0, 0.05) is 5.97 Å². The summed E-state index contributed by atoms with van der Waals surface area (Å²) in [6, 6.07) is 8.71. The van der Waals surface area contributed by atoms with E-state index in [-0.39, 0.29) is 0 Å². The molecular formula is C9H10ClO6Tl. The van der Waals surface area contributed by atoms with Crippen molar-refractivity contribution in [3.8, 4) is 0 Å². The molecule has 17 heavy (non-hydrogen) atoms. The van der Waals surface area contributed by atoms with Crippen molar-refractivity contribution in [2.75, 3.05) is 0 Å². The van der Waals surface area contributed by atoms with Crippen LogP contribution in [0, 0.1) is 17.2 Å². The van der Waals surface area contributed by atoms with Gasteiger partial charge in [-0.2, -0.15) is 0 Å². The Morgan fingerprint density at radius 2 is 1.35 bits per heavy atom. The first-order valence-corrected chi connectivity index (χ1v) is 7.61. The zero-order chi connectivity index (χ0) is 14.1. The largest absolute Gasteiger partial charge is 0.222 e. The summed E-state index contributed by atoms with van der Waals surface area (Å²) >= 11 is 0.987. The monoisotopic (exact) mass is 454 g/mol. The maximum Gasteiger partial charge on any atom is -0.112 e. The quantitative estimate of drug-likeness (QED) is 0.360. The molecule has 92 valence electrons. The number of carbonyl (C=O) groups is 1. The summed E-state index contributed by atoms with van der Waals surface area (Å²) in [6.45, 7) is 3.09. The second-order valence-electron chi connectivity index (χ2n) is 2.78. The first kappa shape index (κ1) is 19.1. The van der Waals surface area contributed by atoms with E-state index in [1.807, 2.05) is 0 Å². The van der Waals surface area contributed by atoms with Crippen LogP contribution in [-0.2, 0) is 4.79 Å². The summed E-state index contributed by atoms with van der Waals surface area (Å²) in [5, 5.41) is 8.89. The Morgan fingerprint density at radius 3 is 1.53 bits per heavy atom. The molecule has 0 aromatic heterocycles. The molecule has 0 aliphatic carbocycles. The molecule has 0 aliphatic rings. The van der Waals surface area contributed by atoms with E-state index < -0.39 is 16.2 Å². The standard InChI is InChI=1S/C7H7.C2H4O2.ClHO4.Tl/c1-7-5-3-2-4-6-7;1-2(3)4;2-1(3,4)5;/h3-6H,1H3;1H3,(H,3,4);(H,2,3,4,5);/q;;;+2/p-2. The molecule has 6 nitrogen and oxygen atoms in total. The van der Waals surface area contributed by atoms with Crippen LogP contribution in [-0.4, -0.2) is 31.7 Å². The Kier molecular flexibility index (Phi) is 10.9. The molecule has 0 saturated carbocycles. The molecule has 0 fully saturated rings. The van der Waals surface area contributed by atoms with E-state index in [4.69, 9.17) is 28.5 Å². The molecule has 0 atom stereocenters. The molecule has 0 bridgehead atoms. The molecular weight excluding hydrogens is 444 g/mol. The van der Waals surface area contributed by atoms with Crippen molar-refractivity contribution < 1.29 is 38.8 Å². The number of aliphatic carboxylic acids is 1. The smallest absolute Gasteiger partial charge is 0.112 e. The van der Waals surface area contributed by atoms with Crippen LogP contribution in [0.2, 0.25) is 0 Å². The zero-order valence-corrected chi connectivity index (χ0v) is 14.5. The zero-order valence-electron chi connectivity index (χ0n) is 9.21. The second-order valence-corrected chi connectivity index (χ2v) is 6.13. The van der Waals surface area contributed by atoms with Gasteiger partial charge in [0.25, 0.3) is 0 Å². The van der Waals surface area contributed by atoms with E-state index >= 15 is 0 Å². The molecule has 0 spiro atoms. The van der Waals surface area contributed by atoms with Gasteiger partial charge in [-0.15, -0.1) is 10.2 Å². The van der Waals surface area contributed by atoms with Crippen molar-refractivity contribution in [2.45, 2.75) is 13.8 Å². The summed E-state index contributed by atoms with van der Waals surface area (Å²) in [5.74, 6) is -1.08. The van der Waals surface area contributed by atoms with Crippen LogP contribution in [0.25, 0.3) is 0 Å². The van der Waals surface area contributed by atoms with Crippen molar-refractivity contribution in [3.05, 3.63) is 29.8 Å². The summed E-state index contributed by atoms with van der Waals surface area (Å²) in [5.41, 5.74) is 1.36. The van der Waals surface area contributed by atoms with Gasteiger partial charge in [-0.3, -0.25) is 0 Å². The fourth-order valence-corrected chi connectivity index (χ4v) is 1.31. The average molecular weight is 454 g/mol. The van der Waals surface area contributed by atoms with E-state index in [1.165, 1.54) is 8.69 Å². The van der Waals surface area contributed by atoms with Crippen molar-refractivity contribution >= 4 is 34.9 Å². The van der Waals surface area contributed by atoms with Gasteiger partial charge < -0.3 is 9.90 Å². The normalized spacial score (nSPS) is 9.41. The molecule has 1 rings (SSSR count). The number of carboxylic acid groups (broad SMARTS) is 1. The minimum absolute atomic E-state index is 0.972. The fourth-order valence-electron chi connectivity index (χ4n) is 0.566. The Labute approximate surface area is 117 Å². The Bertz CT molecular complexity index is 290. The van der Waals surface area contributed by atoms with Gasteiger partial charge in [0.05, 0.1) is 0 Å². The van der Waals surface area contributed by atoms with Crippen molar-refractivity contribution in [1.82, 2.24) is 0 Å². The van der Waals surface area contributed by atoms with E-state index in [2.05, 4.69) is 31.2 Å². The van der Waals surface area contributed by atoms with E-state index in [0.29, 0.717) is 0 Å². The predicted molar refractivity (Wildman–Crippen MR) is 47.2 cm³/mol. The van der Waals surface area contributed by atoms with Gasteiger partial charge in [-0.1, -0.05) is 0 Å². The Morgan fingerprint density at radius 1 is 1.12 bits per heavy atom. The summed E-state index contributed by atoms with van der Waals surface area (Å²) < 4.78 is 35.5. The Hall–Kier alpha value is -0.258. The van der Waals surface area contributed by atoms with Gasteiger partial charge in [0.15, 0.2) is 0 Å². The van der Waals surface area contributed by atoms with Crippen LogP contribution < -0.4 is 26.9 Å². The van der Waals surface area contributed by atoms with Crippen LogP contribution in [0.4, 0.5) is 0 Å². The number of halogens is 1. The summed E-state index contributed by atoms with van der Waals surface area (Å²) in [7, 11) is -4.94. The number of rotatable bonds is 0. The predicted octanol–water partition coefficient (Wildman–Crippen LogP) is -5.21. The average Bonchev–Trinajstić information content (AvgIpc) is 2.06. The number of hydrogen-bond donors (Lipinski definition) is 0. The molecule has 0 radical (unpaired) electrons. The molecule has 0 amide bonds. The Balaban J connectivity index is 0. The molecule has 8 heteroatoms. The van der Waals surface area contributed by atoms with Crippen molar-refractivity contribution in [1.29, 1.82) is 0 Å². The van der Waals surface area contributed by atoms with E-state index in [0.717, 1.165) is 32.7 Å². The molecule has 0 unspecified atom stereocenters. The first-order chi connectivity index (χ1) is 7.52. The van der Waals surface area contributed by atoms with Gasteiger partial charge in [-0.05, 0) is 6.92 Å². The molecule has 0 N–H and O–H groups in total. The summed E-state index contributed by atoms with van der Waals surface area (Å²) in [4.78, 5) is 8.89. The van der Waals surface area contributed by atoms with Gasteiger partial charge in [-0.25, -0.2) is 18.6 Å². The van der Waals surface area contributed by atoms with Gasteiger partial charge in [0.1, 0.15) is 0 Å². The third kappa shape index (κ3) is 31.3. The SMILES string of the molecule is CC(=O)[O-].Cc1cc[c]([Tl+2])cc1.[O-][Cl+3]([O-])([O-])[O-]. The minimum atomic E-state index is -4.94. The summed E-state index contributed by atoms with van der Waals surface area (Å²) in [6.07, 6.45) is 0. The second kappa shape index (κ2) is 9.74. The number of hydrogen-bond acceptors (Lipinski definition) is 6. The minimum Gasteiger partial charge on any atom is -0.222 e. The molecule has 0 heterocycles. The van der Waals surface area contributed by atoms with Crippen LogP contribution in [0.15, 0.2) is 24.3 Å². The van der Waals surface area contributed by atoms with E-state index in [1.54, 1.807) is 0 Å². The molecule has 1 aromatic rings. The van der Waals surface area contributed by atoms with Crippen molar-refractivity contribution in [2.24, 2.45) is 0 Å². The maximum absolute atomic E-state index is 8.89. The fraction of sp³-hybridized carbons (Fsp3) is 0.222. The van der Waals surface area contributed by atoms with Gasteiger partial charge >= 0.3 is 65.6 Å². The number of carbonyl (C=O) groups excluding carboxylic acids is 1. The van der Waals surface area contributed by atoms with Crippen LogP contribution in [0.5, 0.6) is 0 Å². The number of benzene rings is 1. The van der Waals surface area contributed by atoms with Crippen LogP contribution in [0.1, 0.15) is 12.5 Å². The number of carboxylic acids is 1. The van der Waals surface area contributed by atoms with E-state index in [9.17, 15) is 0 Å². The topological polar surface area (TPSA) is 132 Å². The molecule has 0 aliphatic heterocycles. The first-order valence-electron chi connectivity index (χ1n) is 4.14. The van der Waals surface area contributed by atoms with Gasteiger partial charge in [0.2, 0.25) is 0 Å². The number of aryl methyl sites for hydroxylation is 1. The van der Waals surface area contributed by atoms with Crippen molar-refractivity contribution in [3.63, 3.8) is 0 Å².